The van der Waals surface area contributed by atoms with Gasteiger partial charge in [-0.25, -0.2) is 4.79 Å². The number of carboxylic acids is 1. The maximum Gasteiger partial charge on any atom is 0.573 e. The van der Waals surface area contributed by atoms with Crippen molar-refractivity contribution in [2.45, 2.75) is 12.5 Å². The number of ether oxygens (including phenoxy) is 2. The minimum atomic E-state index is -4.77. The van der Waals surface area contributed by atoms with Crippen LogP contribution in [0.1, 0.15) is 0 Å². The maximum absolute atomic E-state index is 11.9. The van der Waals surface area contributed by atoms with Crippen molar-refractivity contribution >= 4 is 5.97 Å². The monoisotopic (exact) mass is 265 g/mol. The largest absolute Gasteiger partial charge is 0.573 e. The van der Waals surface area contributed by atoms with Crippen molar-refractivity contribution in [3.05, 3.63) is 24.3 Å². The normalized spacial score (nSPS) is 12.9. The number of alkyl halides is 3. The fourth-order valence-electron chi connectivity index (χ4n) is 1.08. The maximum atomic E-state index is 11.9. The number of benzene rings is 1. The molecule has 100 valence electrons. The Morgan fingerprint density at radius 1 is 1.28 bits per heavy atom. The van der Waals surface area contributed by atoms with Crippen LogP contribution < -0.4 is 15.2 Å². The fourth-order valence-corrected chi connectivity index (χ4v) is 1.08. The molecule has 0 aliphatic rings. The third kappa shape index (κ3) is 4.50. The molecule has 5 nitrogen and oxygen atoms in total. The molecule has 1 atom stereocenters. The third-order valence-electron chi connectivity index (χ3n) is 1.83. The van der Waals surface area contributed by atoms with Gasteiger partial charge in [0.1, 0.15) is 11.5 Å². The summed E-state index contributed by atoms with van der Waals surface area (Å²) in [6.07, 6.45) is -6.03. The summed E-state index contributed by atoms with van der Waals surface area (Å²) >= 11 is 0. The first-order valence-electron chi connectivity index (χ1n) is 4.77. The average molecular weight is 265 g/mol. The summed E-state index contributed by atoms with van der Waals surface area (Å²) in [5.41, 5.74) is 5.16. The van der Waals surface area contributed by atoms with E-state index in [0.717, 1.165) is 24.3 Å². The molecule has 0 saturated carbocycles. The number of hydrogen-bond acceptors (Lipinski definition) is 4. The van der Waals surface area contributed by atoms with E-state index in [1.807, 2.05) is 0 Å². The highest BCUT2D eigenvalue weighted by Gasteiger charge is 2.31. The number of aliphatic carboxylic acids is 1. The van der Waals surface area contributed by atoms with E-state index in [2.05, 4.69) is 4.74 Å². The highest BCUT2D eigenvalue weighted by atomic mass is 19.4. The van der Waals surface area contributed by atoms with Gasteiger partial charge in [-0.15, -0.1) is 13.2 Å². The predicted octanol–water partition coefficient (Wildman–Crippen LogP) is 1.38. The molecule has 0 amide bonds. The van der Waals surface area contributed by atoms with Gasteiger partial charge in [-0.2, -0.15) is 0 Å². The molecule has 1 aromatic rings. The van der Waals surface area contributed by atoms with Crippen LogP contribution in [0.4, 0.5) is 13.2 Å². The summed E-state index contributed by atoms with van der Waals surface area (Å²) in [6.45, 7) is -0.254. The molecule has 0 aromatic heterocycles. The molecule has 0 spiro atoms. The first kappa shape index (κ1) is 14.1. The molecule has 0 saturated heterocycles. The van der Waals surface area contributed by atoms with Gasteiger partial charge in [0, 0.05) is 6.54 Å². The summed E-state index contributed by atoms with van der Waals surface area (Å²) in [6, 6.07) is 4.34. The lowest BCUT2D eigenvalue weighted by Gasteiger charge is -2.13. The van der Waals surface area contributed by atoms with Crippen LogP contribution in [0.3, 0.4) is 0 Å². The molecular weight excluding hydrogens is 255 g/mol. The molecule has 0 fully saturated rings. The minimum Gasteiger partial charge on any atom is -0.478 e. The molecule has 3 N–H and O–H groups in total. The smallest absolute Gasteiger partial charge is 0.478 e. The number of nitrogens with two attached hydrogens (primary N) is 1. The van der Waals surface area contributed by atoms with E-state index >= 15 is 0 Å². The predicted molar refractivity (Wildman–Crippen MR) is 54.2 cm³/mol. The molecule has 0 radical (unpaired) electrons. The summed E-state index contributed by atoms with van der Waals surface area (Å²) in [5, 5.41) is 8.66. The molecule has 8 heteroatoms. The standard InChI is InChI=1S/C10H10F3NO4/c11-10(12,13)18-7-3-1-6(2-4-7)17-8(5-14)9(15)16/h1-4,8H,5,14H2,(H,15,16). The van der Waals surface area contributed by atoms with Crippen molar-refractivity contribution in [3.8, 4) is 11.5 Å². The Morgan fingerprint density at radius 3 is 2.17 bits per heavy atom. The van der Waals surface area contributed by atoms with Crippen LogP contribution in [0.15, 0.2) is 24.3 Å². The highest BCUT2D eigenvalue weighted by Crippen LogP contribution is 2.24. The second kappa shape index (κ2) is 5.58. The van der Waals surface area contributed by atoms with Crippen molar-refractivity contribution < 1.29 is 32.5 Å². The van der Waals surface area contributed by atoms with Crippen molar-refractivity contribution in [2.24, 2.45) is 5.73 Å². The van der Waals surface area contributed by atoms with Gasteiger partial charge in [-0.1, -0.05) is 0 Å². The molecule has 1 rings (SSSR count). The molecule has 0 heterocycles. The van der Waals surface area contributed by atoms with Crippen LogP contribution in [-0.2, 0) is 4.79 Å². The molecule has 1 aromatic carbocycles. The van der Waals surface area contributed by atoms with Crippen LogP contribution in [0.2, 0.25) is 0 Å². The van der Waals surface area contributed by atoms with Gasteiger partial charge in [-0.3, -0.25) is 0 Å². The number of carbonyl (C=O) groups is 1. The lowest BCUT2D eigenvalue weighted by Crippen LogP contribution is -2.34. The summed E-state index contributed by atoms with van der Waals surface area (Å²) < 4.78 is 44.2. The zero-order valence-corrected chi connectivity index (χ0v) is 8.98. The second-order valence-corrected chi connectivity index (χ2v) is 3.20. The Hall–Kier alpha value is -1.96. The topological polar surface area (TPSA) is 81.8 Å². The summed E-state index contributed by atoms with van der Waals surface area (Å²) in [5.74, 6) is -1.59. The molecule has 1 unspecified atom stereocenters. The van der Waals surface area contributed by atoms with E-state index in [1.54, 1.807) is 0 Å². The molecule has 0 bridgehead atoms. The van der Waals surface area contributed by atoms with Gasteiger partial charge in [0.2, 0.25) is 6.10 Å². The SMILES string of the molecule is NCC(Oc1ccc(OC(F)(F)F)cc1)C(=O)O. The van der Waals surface area contributed by atoms with Gasteiger partial charge < -0.3 is 20.3 Å². The third-order valence-corrected chi connectivity index (χ3v) is 1.83. The van der Waals surface area contributed by atoms with Crippen LogP contribution in [0, 0.1) is 0 Å². The average Bonchev–Trinajstić information content (AvgIpc) is 2.25. The fraction of sp³-hybridized carbons (Fsp3) is 0.300. The van der Waals surface area contributed by atoms with Crippen molar-refractivity contribution in [3.63, 3.8) is 0 Å². The van der Waals surface area contributed by atoms with E-state index in [9.17, 15) is 18.0 Å². The van der Waals surface area contributed by atoms with E-state index in [4.69, 9.17) is 15.6 Å². The summed E-state index contributed by atoms with van der Waals surface area (Å²) in [7, 11) is 0. The number of hydrogen-bond donors (Lipinski definition) is 2. The first-order chi connectivity index (χ1) is 8.31. The number of halogens is 3. The minimum absolute atomic E-state index is 0.0855. The number of rotatable bonds is 5. The van der Waals surface area contributed by atoms with Crippen molar-refractivity contribution in [2.75, 3.05) is 6.54 Å². The van der Waals surface area contributed by atoms with Gasteiger partial charge in [-0.05, 0) is 24.3 Å². The van der Waals surface area contributed by atoms with Crippen LogP contribution in [-0.4, -0.2) is 30.1 Å². The molecule has 18 heavy (non-hydrogen) atoms. The Bertz CT molecular complexity index is 405. The zero-order valence-electron chi connectivity index (χ0n) is 8.98. The van der Waals surface area contributed by atoms with Crippen molar-refractivity contribution in [1.29, 1.82) is 0 Å². The Morgan fingerprint density at radius 2 is 1.78 bits per heavy atom. The van der Waals surface area contributed by atoms with E-state index in [-0.39, 0.29) is 12.3 Å². The second-order valence-electron chi connectivity index (χ2n) is 3.20. The van der Waals surface area contributed by atoms with E-state index in [0.29, 0.717) is 0 Å². The summed E-state index contributed by atoms with van der Waals surface area (Å²) in [4.78, 5) is 10.6. The first-order valence-corrected chi connectivity index (χ1v) is 4.77. The zero-order chi connectivity index (χ0) is 13.8. The molecule has 0 aliphatic heterocycles. The van der Waals surface area contributed by atoms with Crippen LogP contribution in [0.5, 0.6) is 11.5 Å². The quantitative estimate of drug-likeness (QED) is 0.840. The Kier molecular flexibility index (Phi) is 4.38. The lowest BCUT2D eigenvalue weighted by molar-refractivity contribution is -0.274. The Labute approximate surface area is 99.9 Å². The van der Waals surface area contributed by atoms with E-state index < -0.39 is 24.2 Å². The molecular formula is C10H10F3NO4. The van der Waals surface area contributed by atoms with Gasteiger partial charge in [0.25, 0.3) is 0 Å². The van der Waals surface area contributed by atoms with Gasteiger partial charge in [0.05, 0.1) is 0 Å². The molecule has 0 aliphatic carbocycles. The highest BCUT2D eigenvalue weighted by molar-refractivity contribution is 5.73. The Balaban J connectivity index is 2.68. The van der Waals surface area contributed by atoms with Gasteiger partial charge in [0.15, 0.2) is 0 Å². The number of carboxylic acid groups (broad SMARTS) is 1. The van der Waals surface area contributed by atoms with Crippen LogP contribution in [0.25, 0.3) is 0 Å². The van der Waals surface area contributed by atoms with Gasteiger partial charge >= 0.3 is 12.3 Å². The lowest BCUT2D eigenvalue weighted by atomic mass is 10.3. The van der Waals surface area contributed by atoms with Crippen molar-refractivity contribution in [1.82, 2.24) is 0 Å². The van der Waals surface area contributed by atoms with E-state index in [1.165, 1.54) is 0 Å². The van der Waals surface area contributed by atoms with Crippen LogP contribution >= 0.6 is 0 Å².